The summed E-state index contributed by atoms with van der Waals surface area (Å²) in [4.78, 5) is 0. The van der Waals surface area contributed by atoms with Crippen LogP contribution in [0.4, 0.5) is 0 Å². The molecule has 16 heavy (non-hydrogen) atoms. The molecule has 0 spiro atoms. The Bertz CT molecular complexity index is 358. The molecule has 0 N–H and O–H groups in total. The molecule has 88 valence electrons. The van der Waals surface area contributed by atoms with Crippen molar-refractivity contribution in [2.75, 3.05) is 0 Å². The van der Waals surface area contributed by atoms with E-state index < -0.39 is 0 Å². The predicted octanol–water partition coefficient (Wildman–Crippen LogP) is 5.01. The molecule has 0 fully saturated rings. The summed E-state index contributed by atoms with van der Waals surface area (Å²) in [6, 6.07) is 6.81. The zero-order valence-electron chi connectivity index (χ0n) is 11.1. The van der Waals surface area contributed by atoms with Crippen LogP contribution in [-0.4, -0.2) is 0 Å². The van der Waals surface area contributed by atoms with Gasteiger partial charge in [-0.3, -0.25) is 0 Å². The van der Waals surface area contributed by atoms with Gasteiger partial charge in [0, 0.05) is 0 Å². The lowest BCUT2D eigenvalue weighted by Crippen LogP contribution is -1.96. The van der Waals surface area contributed by atoms with Gasteiger partial charge in [0.1, 0.15) is 0 Å². The maximum atomic E-state index is 4.18. The second-order valence-electron chi connectivity index (χ2n) is 4.93. The van der Waals surface area contributed by atoms with Gasteiger partial charge in [-0.1, -0.05) is 52.0 Å². The molecule has 0 amide bonds. The van der Waals surface area contributed by atoms with E-state index in [-0.39, 0.29) is 0 Å². The Morgan fingerprint density at radius 3 is 2.50 bits per heavy atom. The van der Waals surface area contributed by atoms with E-state index in [4.69, 9.17) is 0 Å². The average molecular weight is 216 g/mol. The Kier molecular flexibility index (Phi) is 4.79. The van der Waals surface area contributed by atoms with Crippen molar-refractivity contribution in [3.05, 3.63) is 41.5 Å². The minimum absolute atomic E-state index is 0.528. The molecule has 0 radical (unpaired) electrons. The van der Waals surface area contributed by atoms with Crippen LogP contribution >= 0.6 is 0 Å². The zero-order chi connectivity index (χ0) is 12.1. The lowest BCUT2D eigenvalue weighted by molar-refractivity contribution is 0.794. The van der Waals surface area contributed by atoms with Crippen LogP contribution in [0.3, 0.4) is 0 Å². The van der Waals surface area contributed by atoms with Crippen LogP contribution < -0.4 is 0 Å². The third kappa shape index (κ3) is 3.23. The summed E-state index contributed by atoms with van der Waals surface area (Å²) >= 11 is 0. The Morgan fingerprint density at radius 2 is 2.00 bits per heavy atom. The smallest absolute Gasteiger partial charge is 0.0198 e. The van der Waals surface area contributed by atoms with Gasteiger partial charge in [-0.25, -0.2) is 0 Å². The van der Waals surface area contributed by atoms with Crippen LogP contribution in [0.15, 0.2) is 24.8 Å². The van der Waals surface area contributed by atoms with Gasteiger partial charge in [0.2, 0.25) is 0 Å². The topological polar surface area (TPSA) is 0 Å². The second-order valence-corrected chi connectivity index (χ2v) is 4.93. The lowest BCUT2D eigenvalue weighted by atomic mass is 9.92. The van der Waals surface area contributed by atoms with Crippen molar-refractivity contribution in [2.24, 2.45) is 5.92 Å². The Balaban J connectivity index is 2.87. The van der Waals surface area contributed by atoms with Crippen molar-refractivity contribution >= 4 is 5.57 Å². The highest BCUT2D eigenvalue weighted by molar-refractivity contribution is 5.67. The van der Waals surface area contributed by atoms with E-state index in [1.165, 1.54) is 41.5 Å². The number of aryl methyl sites for hydroxylation is 2. The average Bonchev–Trinajstić information content (AvgIpc) is 2.25. The minimum atomic E-state index is 0.528. The SMILES string of the molecule is C=C(c1ccc(CCCC)cc1C)C(C)C. The fourth-order valence-electron chi connectivity index (χ4n) is 1.93. The number of rotatable bonds is 5. The van der Waals surface area contributed by atoms with Gasteiger partial charge < -0.3 is 0 Å². The van der Waals surface area contributed by atoms with Crippen molar-refractivity contribution in [2.45, 2.75) is 47.0 Å². The maximum absolute atomic E-state index is 4.18. The second kappa shape index (κ2) is 5.89. The quantitative estimate of drug-likeness (QED) is 0.649. The lowest BCUT2D eigenvalue weighted by Gasteiger charge is -2.14. The molecule has 1 aromatic rings. The molecular formula is C16H24. The van der Waals surface area contributed by atoms with Gasteiger partial charge in [-0.15, -0.1) is 0 Å². The number of benzene rings is 1. The summed E-state index contributed by atoms with van der Waals surface area (Å²) in [7, 11) is 0. The molecule has 0 nitrogen and oxygen atoms in total. The summed E-state index contributed by atoms with van der Waals surface area (Å²) in [5, 5.41) is 0. The number of hydrogen-bond donors (Lipinski definition) is 0. The molecule has 1 rings (SSSR count). The molecule has 0 aliphatic carbocycles. The molecular weight excluding hydrogens is 192 g/mol. The number of hydrogen-bond acceptors (Lipinski definition) is 0. The van der Waals surface area contributed by atoms with Gasteiger partial charge in [0.05, 0.1) is 0 Å². The van der Waals surface area contributed by atoms with Crippen molar-refractivity contribution in [1.29, 1.82) is 0 Å². The van der Waals surface area contributed by atoms with Crippen LogP contribution in [0.25, 0.3) is 5.57 Å². The predicted molar refractivity (Wildman–Crippen MR) is 73.7 cm³/mol. The van der Waals surface area contributed by atoms with Crippen LogP contribution in [-0.2, 0) is 6.42 Å². The van der Waals surface area contributed by atoms with Crippen molar-refractivity contribution in [3.8, 4) is 0 Å². The van der Waals surface area contributed by atoms with E-state index >= 15 is 0 Å². The van der Waals surface area contributed by atoms with Crippen LogP contribution in [0.2, 0.25) is 0 Å². The largest absolute Gasteiger partial charge is 0.0950 e. The molecule has 0 aromatic heterocycles. The molecule has 1 aromatic carbocycles. The van der Waals surface area contributed by atoms with E-state index in [1.54, 1.807) is 0 Å². The van der Waals surface area contributed by atoms with E-state index in [2.05, 4.69) is 52.5 Å². The minimum Gasteiger partial charge on any atom is -0.0950 e. The summed E-state index contributed by atoms with van der Waals surface area (Å²) in [6.07, 6.45) is 3.75. The van der Waals surface area contributed by atoms with E-state index in [9.17, 15) is 0 Å². The number of unbranched alkanes of at least 4 members (excludes halogenated alkanes) is 1. The molecule has 0 bridgehead atoms. The molecule has 0 unspecified atom stereocenters. The zero-order valence-corrected chi connectivity index (χ0v) is 11.1. The first-order valence-electron chi connectivity index (χ1n) is 6.35. The van der Waals surface area contributed by atoms with Gasteiger partial charge in [-0.05, 0) is 47.9 Å². The summed E-state index contributed by atoms with van der Waals surface area (Å²) in [5.41, 5.74) is 5.40. The summed E-state index contributed by atoms with van der Waals surface area (Å²) in [6.45, 7) is 13.0. The van der Waals surface area contributed by atoms with Crippen LogP contribution in [0.1, 0.15) is 50.3 Å². The Labute approximate surface area is 100 Å². The molecule has 0 aliphatic rings. The van der Waals surface area contributed by atoms with E-state index in [0.29, 0.717) is 5.92 Å². The molecule has 0 saturated heterocycles. The van der Waals surface area contributed by atoms with Crippen LogP contribution in [0.5, 0.6) is 0 Å². The third-order valence-corrected chi connectivity index (χ3v) is 3.15. The Morgan fingerprint density at radius 1 is 1.31 bits per heavy atom. The first-order valence-corrected chi connectivity index (χ1v) is 6.35. The molecule has 0 heteroatoms. The van der Waals surface area contributed by atoms with Gasteiger partial charge in [-0.2, -0.15) is 0 Å². The standard InChI is InChI=1S/C16H24/c1-6-7-8-15-9-10-16(13(4)11-15)14(5)12(2)3/h9-12H,5-8H2,1-4H3. The third-order valence-electron chi connectivity index (χ3n) is 3.15. The molecule has 0 saturated carbocycles. The maximum Gasteiger partial charge on any atom is -0.0198 e. The van der Waals surface area contributed by atoms with Gasteiger partial charge >= 0.3 is 0 Å². The first-order chi connectivity index (χ1) is 7.56. The molecule has 0 aliphatic heterocycles. The van der Waals surface area contributed by atoms with Gasteiger partial charge in [0.15, 0.2) is 0 Å². The molecule has 0 heterocycles. The highest BCUT2D eigenvalue weighted by Gasteiger charge is 2.07. The fourth-order valence-corrected chi connectivity index (χ4v) is 1.93. The van der Waals surface area contributed by atoms with E-state index in [0.717, 1.165) is 0 Å². The van der Waals surface area contributed by atoms with Crippen molar-refractivity contribution in [3.63, 3.8) is 0 Å². The van der Waals surface area contributed by atoms with E-state index in [1.807, 2.05) is 0 Å². The highest BCUT2D eigenvalue weighted by atomic mass is 14.1. The number of allylic oxidation sites excluding steroid dienone is 1. The fraction of sp³-hybridized carbons (Fsp3) is 0.500. The normalized spacial score (nSPS) is 10.8. The van der Waals surface area contributed by atoms with Crippen molar-refractivity contribution < 1.29 is 0 Å². The summed E-state index contributed by atoms with van der Waals surface area (Å²) in [5.74, 6) is 0.528. The summed E-state index contributed by atoms with van der Waals surface area (Å²) < 4.78 is 0. The van der Waals surface area contributed by atoms with Crippen LogP contribution in [0, 0.1) is 12.8 Å². The van der Waals surface area contributed by atoms with Crippen molar-refractivity contribution in [1.82, 2.24) is 0 Å². The highest BCUT2D eigenvalue weighted by Crippen LogP contribution is 2.25. The molecule has 0 atom stereocenters. The van der Waals surface area contributed by atoms with Gasteiger partial charge in [0.25, 0.3) is 0 Å². The first kappa shape index (κ1) is 13.0. The monoisotopic (exact) mass is 216 g/mol. The Hall–Kier alpha value is -1.04.